The van der Waals surface area contributed by atoms with Crippen molar-refractivity contribution in [3.63, 3.8) is 0 Å². The smallest absolute Gasteiger partial charge is 0.313 e. The molecule has 1 aromatic heterocycles. The summed E-state index contributed by atoms with van der Waals surface area (Å²) < 4.78 is 13.1. The molecule has 0 unspecified atom stereocenters. The molecule has 0 amide bonds. The number of hydrogen-bond acceptors (Lipinski definition) is 4. The monoisotopic (exact) mass is 267 g/mol. The first-order valence-corrected chi connectivity index (χ1v) is 6.08. The van der Waals surface area contributed by atoms with E-state index in [-0.39, 0.29) is 11.6 Å². The molecule has 0 radical (unpaired) electrons. The molecule has 0 spiro atoms. The van der Waals surface area contributed by atoms with Crippen LogP contribution in [-0.4, -0.2) is 32.0 Å². The van der Waals surface area contributed by atoms with Gasteiger partial charge in [0.1, 0.15) is 5.82 Å². The molecule has 0 saturated heterocycles. The van der Waals surface area contributed by atoms with Crippen LogP contribution in [0.4, 0.5) is 4.39 Å². The average molecular weight is 267 g/mol. The first-order valence-electron chi connectivity index (χ1n) is 5.10. The number of nitrogens with zero attached hydrogens (tertiary/aromatic N) is 2. The van der Waals surface area contributed by atoms with Crippen molar-refractivity contribution >= 4 is 17.7 Å². The van der Waals surface area contributed by atoms with Gasteiger partial charge in [0.15, 0.2) is 5.82 Å². The van der Waals surface area contributed by atoms with Gasteiger partial charge in [-0.3, -0.25) is 9.89 Å². The van der Waals surface area contributed by atoms with Gasteiger partial charge in [0.25, 0.3) is 0 Å². The Bertz CT molecular complexity index is 585. The van der Waals surface area contributed by atoms with Crippen molar-refractivity contribution in [3.8, 4) is 11.4 Å². The standard InChI is InChI=1S/C11H10FN3O2S/c1-6-2-3-7(12)4-8(6)10-13-11(15-14-10)18-5-9(16)17/h2-4H,5H2,1H3,(H,16,17)(H,13,14,15). The number of carboxylic acids is 1. The van der Waals surface area contributed by atoms with Gasteiger partial charge >= 0.3 is 5.97 Å². The van der Waals surface area contributed by atoms with E-state index in [0.29, 0.717) is 16.5 Å². The molecular formula is C11H10FN3O2S. The number of benzene rings is 1. The van der Waals surface area contributed by atoms with Crippen LogP contribution in [0.1, 0.15) is 5.56 Å². The molecule has 0 aliphatic heterocycles. The van der Waals surface area contributed by atoms with Crippen LogP contribution in [0.25, 0.3) is 11.4 Å². The summed E-state index contributed by atoms with van der Waals surface area (Å²) in [5, 5.41) is 15.4. The molecule has 1 heterocycles. The van der Waals surface area contributed by atoms with Crippen LogP contribution in [-0.2, 0) is 4.79 Å². The number of carbonyl (C=O) groups is 1. The van der Waals surface area contributed by atoms with Crippen LogP contribution in [0.5, 0.6) is 0 Å². The third kappa shape index (κ3) is 2.86. The number of hydrogen-bond donors (Lipinski definition) is 2. The average Bonchev–Trinajstić information content (AvgIpc) is 2.78. The van der Waals surface area contributed by atoms with Gasteiger partial charge in [-0.2, -0.15) is 0 Å². The van der Waals surface area contributed by atoms with Crippen LogP contribution in [0.15, 0.2) is 23.4 Å². The third-order valence-electron chi connectivity index (χ3n) is 2.24. The van der Waals surface area contributed by atoms with E-state index in [2.05, 4.69) is 15.2 Å². The summed E-state index contributed by atoms with van der Waals surface area (Å²) in [4.78, 5) is 14.5. The van der Waals surface area contributed by atoms with Crippen LogP contribution in [0.2, 0.25) is 0 Å². The van der Waals surface area contributed by atoms with Crippen molar-refractivity contribution in [2.45, 2.75) is 12.1 Å². The van der Waals surface area contributed by atoms with Gasteiger partial charge in [0.2, 0.25) is 5.16 Å². The molecule has 5 nitrogen and oxygen atoms in total. The second-order valence-corrected chi connectivity index (χ2v) is 4.55. The Labute approximate surface area is 106 Å². The lowest BCUT2D eigenvalue weighted by Gasteiger charge is -2.01. The quantitative estimate of drug-likeness (QED) is 0.829. The summed E-state index contributed by atoms with van der Waals surface area (Å²) in [7, 11) is 0. The SMILES string of the molecule is Cc1ccc(F)cc1-c1nc(SCC(=O)O)n[nH]1. The maximum atomic E-state index is 13.1. The lowest BCUT2D eigenvalue weighted by molar-refractivity contribution is -0.133. The highest BCUT2D eigenvalue weighted by Gasteiger charge is 2.10. The Morgan fingerprint density at radius 2 is 2.33 bits per heavy atom. The minimum Gasteiger partial charge on any atom is -0.481 e. The molecule has 7 heteroatoms. The molecule has 94 valence electrons. The van der Waals surface area contributed by atoms with Crippen molar-refractivity contribution in [3.05, 3.63) is 29.6 Å². The predicted octanol–water partition coefficient (Wildman–Crippen LogP) is 2.10. The zero-order valence-electron chi connectivity index (χ0n) is 9.48. The minimum absolute atomic E-state index is 0.112. The van der Waals surface area contributed by atoms with Gasteiger partial charge in [0, 0.05) is 5.56 Å². The summed E-state index contributed by atoms with van der Waals surface area (Å²) >= 11 is 1.01. The van der Waals surface area contributed by atoms with Gasteiger partial charge in [-0.05, 0) is 24.6 Å². The van der Waals surface area contributed by atoms with Crippen LogP contribution in [0.3, 0.4) is 0 Å². The highest BCUT2D eigenvalue weighted by atomic mass is 32.2. The number of nitrogens with one attached hydrogen (secondary N) is 1. The number of carboxylic acid groups (broad SMARTS) is 1. The number of aliphatic carboxylic acids is 1. The van der Waals surface area contributed by atoms with E-state index in [1.54, 1.807) is 6.07 Å². The molecule has 2 N–H and O–H groups in total. The minimum atomic E-state index is -0.937. The molecule has 0 atom stereocenters. The van der Waals surface area contributed by atoms with E-state index in [1.165, 1.54) is 12.1 Å². The first-order chi connectivity index (χ1) is 8.56. The molecular weight excluding hydrogens is 257 g/mol. The fourth-order valence-corrected chi connectivity index (χ4v) is 1.93. The number of aromatic nitrogens is 3. The fourth-order valence-electron chi connectivity index (χ4n) is 1.41. The number of rotatable bonds is 4. The first kappa shape index (κ1) is 12.6. The number of H-pyrrole nitrogens is 1. The molecule has 0 fully saturated rings. The Morgan fingerprint density at radius 3 is 3.06 bits per heavy atom. The number of thioether (sulfide) groups is 1. The highest BCUT2D eigenvalue weighted by molar-refractivity contribution is 7.99. The van der Waals surface area contributed by atoms with E-state index < -0.39 is 5.97 Å². The molecule has 0 aliphatic rings. The molecule has 1 aromatic carbocycles. The van der Waals surface area contributed by atoms with Crippen LogP contribution < -0.4 is 0 Å². The third-order valence-corrected chi connectivity index (χ3v) is 3.08. The van der Waals surface area contributed by atoms with Gasteiger partial charge < -0.3 is 5.11 Å². The second kappa shape index (κ2) is 5.18. The van der Waals surface area contributed by atoms with Crippen LogP contribution >= 0.6 is 11.8 Å². The second-order valence-electron chi connectivity index (χ2n) is 3.61. The molecule has 0 saturated carbocycles. The van der Waals surface area contributed by atoms with E-state index in [1.807, 2.05) is 6.92 Å². The summed E-state index contributed by atoms with van der Waals surface area (Å²) in [6.45, 7) is 1.83. The molecule has 2 aromatic rings. The van der Waals surface area contributed by atoms with Gasteiger partial charge in [-0.25, -0.2) is 9.37 Å². The fraction of sp³-hybridized carbons (Fsp3) is 0.182. The maximum Gasteiger partial charge on any atom is 0.313 e. The van der Waals surface area contributed by atoms with E-state index in [9.17, 15) is 9.18 Å². The normalized spacial score (nSPS) is 10.6. The van der Waals surface area contributed by atoms with Crippen molar-refractivity contribution in [1.29, 1.82) is 0 Å². The largest absolute Gasteiger partial charge is 0.481 e. The van der Waals surface area contributed by atoms with Crippen molar-refractivity contribution in [2.24, 2.45) is 0 Å². The zero-order chi connectivity index (χ0) is 13.1. The highest BCUT2D eigenvalue weighted by Crippen LogP contribution is 2.23. The summed E-state index contributed by atoms with van der Waals surface area (Å²) in [5.74, 6) is -0.973. The van der Waals surface area contributed by atoms with E-state index in [0.717, 1.165) is 17.3 Å². The molecule has 2 rings (SSSR count). The summed E-state index contributed by atoms with van der Waals surface area (Å²) in [6.07, 6.45) is 0. The molecule has 0 aliphatic carbocycles. The zero-order valence-corrected chi connectivity index (χ0v) is 10.3. The number of halogens is 1. The van der Waals surface area contributed by atoms with Gasteiger partial charge in [-0.15, -0.1) is 5.10 Å². The lowest BCUT2D eigenvalue weighted by atomic mass is 10.1. The number of aromatic amines is 1. The summed E-state index contributed by atoms with van der Waals surface area (Å²) in [5.41, 5.74) is 1.48. The van der Waals surface area contributed by atoms with E-state index >= 15 is 0 Å². The van der Waals surface area contributed by atoms with Crippen molar-refractivity contribution in [2.75, 3.05) is 5.75 Å². The Morgan fingerprint density at radius 1 is 1.56 bits per heavy atom. The van der Waals surface area contributed by atoms with Crippen molar-refractivity contribution < 1.29 is 14.3 Å². The Balaban J connectivity index is 2.23. The molecule has 18 heavy (non-hydrogen) atoms. The van der Waals surface area contributed by atoms with Gasteiger partial charge in [-0.1, -0.05) is 17.8 Å². The topological polar surface area (TPSA) is 78.9 Å². The predicted molar refractivity (Wildman–Crippen MR) is 64.9 cm³/mol. The maximum absolute atomic E-state index is 13.1. The Kier molecular flexibility index (Phi) is 3.61. The van der Waals surface area contributed by atoms with Crippen molar-refractivity contribution in [1.82, 2.24) is 15.2 Å². The van der Waals surface area contributed by atoms with E-state index in [4.69, 9.17) is 5.11 Å². The number of aryl methyl sites for hydroxylation is 1. The van der Waals surface area contributed by atoms with Gasteiger partial charge in [0.05, 0.1) is 5.75 Å². The molecule has 0 bridgehead atoms. The summed E-state index contributed by atoms with van der Waals surface area (Å²) in [6, 6.07) is 4.38. The lowest BCUT2D eigenvalue weighted by Crippen LogP contribution is -1.97. The Hall–Kier alpha value is -1.89. The van der Waals surface area contributed by atoms with Crippen LogP contribution in [0, 0.1) is 12.7 Å².